The maximum atomic E-state index is 12.9. The van der Waals surface area contributed by atoms with Gasteiger partial charge in [-0.25, -0.2) is 4.98 Å². The molecule has 1 spiro atoms. The minimum atomic E-state index is -0.755. The number of amides is 1. The summed E-state index contributed by atoms with van der Waals surface area (Å²) in [7, 11) is 0. The maximum Gasteiger partial charge on any atom is 0.290 e. The van der Waals surface area contributed by atoms with Gasteiger partial charge in [-0.3, -0.25) is 9.59 Å². The molecule has 1 aromatic rings. The molecule has 0 bridgehead atoms. The fourth-order valence-corrected chi connectivity index (χ4v) is 4.72. The number of nitrogens with one attached hydrogen (secondary N) is 1. The number of rotatable bonds is 5. The van der Waals surface area contributed by atoms with Crippen LogP contribution in [0.4, 0.5) is 0 Å². The molecule has 0 aromatic carbocycles. The van der Waals surface area contributed by atoms with E-state index in [9.17, 15) is 9.90 Å². The SMILES string of the molecule is CCc1nc(C)c(C(=O)N[C@@]2(C)CCOC3(CCN(CC4CC4)CC3)[C@@H]2O)o1.O=CO. The van der Waals surface area contributed by atoms with Crippen LogP contribution in [0.5, 0.6) is 0 Å². The molecule has 2 aliphatic heterocycles. The number of aryl methyl sites for hydroxylation is 2. The molecule has 1 aliphatic carbocycles. The molecule has 0 unspecified atom stereocenters. The Morgan fingerprint density at radius 1 is 1.32 bits per heavy atom. The highest BCUT2D eigenvalue weighted by molar-refractivity contribution is 5.93. The summed E-state index contributed by atoms with van der Waals surface area (Å²) in [6, 6.07) is 0. The molecule has 4 rings (SSSR count). The number of nitrogens with zero attached hydrogens (tertiary/aromatic N) is 2. The highest BCUT2D eigenvalue weighted by Crippen LogP contribution is 2.41. The van der Waals surface area contributed by atoms with E-state index in [1.807, 2.05) is 13.8 Å². The molecule has 0 radical (unpaired) electrons. The number of carbonyl (C=O) groups excluding carboxylic acids is 1. The van der Waals surface area contributed by atoms with Gasteiger partial charge in [0.1, 0.15) is 6.10 Å². The van der Waals surface area contributed by atoms with E-state index in [4.69, 9.17) is 19.1 Å². The van der Waals surface area contributed by atoms with Gasteiger partial charge in [0.05, 0.1) is 16.8 Å². The number of aromatic nitrogens is 1. The number of piperidine rings is 1. The number of hydrogen-bond donors (Lipinski definition) is 3. The van der Waals surface area contributed by atoms with Gasteiger partial charge in [-0.1, -0.05) is 6.92 Å². The predicted molar refractivity (Wildman–Crippen MR) is 113 cm³/mol. The molecular formula is C22H35N3O6. The third-order valence-corrected chi connectivity index (χ3v) is 6.78. The average molecular weight is 438 g/mol. The van der Waals surface area contributed by atoms with Crippen molar-refractivity contribution in [2.45, 2.75) is 76.5 Å². The number of ether oxygens (including phenoxy) is 1. The van der Waals surface area contributed by atoms with E-state index in [-0.39, 0.29) is 18.1 Å². The van der Waals surface area contributed by atoms with Crippen molar-refractivity contribution < 1.29 is 29.0 Å². The molecule has 3 fully saturated rings. The van der Waals surface area contributed by atoms with Crippen LogP contribution in [0.2, 0.25) is 0 Å². The second-order valence-electron chi connectivity index (χ2n) is 9.16. The molecule has 1 amide bonds. The quantitative estimate of drug-likeness (QED) is 0.595. The molecule has 3 heterocycles. The Labute approximate surface area is 183 Å². The zero-order valence-electron chi connectivity index (χ0n) is 18.7. The van der Waals surface area contributed by atoms with Crippen LogP contribution in [0.3, 0.4) is 0 Å². The van der Waals surface area contributed by atoms with Crippen molar-refractivity contribution >= 4 is 12.4 Å². The Morgan fingerprint density at radius 3 is 2.52 bits per heavy atom. The van der Waals surface area contributed by atoms with Crippen molar-refractivity contribution in [1.82, 2.24) is 15.2 Å². The molecule has 9 nitrogen and oxygen atoms in total. The van der Waals surface area contributed by atoms with Crippen LogP contribution in [0.25, 0.3) is 0 Å². The van der Waals surface area contributed by atoms with Crippen LogP contribution < -0.4 is 5.32 Å². The van der Waals surface area contributed by atoms with Gasteiger partial charge < -0.3 is 29.6 Å². The zero-order chi connectivity index (χ0) is 22.6. The van der Waals surface area contributed by atoms with Crippen LogP contribution in [0.15, 0.2) is 4.42 Å². The smallest absolute Gasteiger partial charge is 0.290 e. The Bertz CT molecular complexity index is 769. The van der Waals surface area contributed by atoms with E-state index in [0.29, 0.717) is 31.0 Å². The van der Waals surface area contributed by atoms with Crippen LogP contribution in [0.1, 0.15) is 68.1 Å². The van der Waals surface area contributed by atoms with Crippen LogP contribution in [0, 0.1) is 12.8 Å². The van der Waals surface area contributed by atoms with Crippen molar-refractivity contribution in [2.24, 2.45) is 5.92 Å². The topological polar surface area (TPSA) is 125 Å². The average Bonchev–Trinajstić information content (AvgIpc) is 3.47. The van der Waals surface area contributed by atoms with Crippen molar-refractivity contribution in [3.63, 3.8) is 0 Å². The van der Waals surface area contributed by atoms with Crippen molar-refractivity contribution in [3.05, 3.63) is 17.3 Å². The minimum Gasteiger partial charge on any atom is -0.483 e. The molecule has 174 valence electrons. The van der Waals surface area contributed by atoms with Crippen LogP contribution >= 0.6 is 0 Å². The Kier molecular flexibility index (Phi) is 7.39. The summed E-state index contributed by atoms with van der Waals surface area (Å²) in [4.78, 5) is 28.0. The standard InChI is InChI=1S/C21H33N3O4.CH2O2/c1-4-16-22-14(2)17(28-16)18(25)23-20(3)9-12-27-21(19(20)26)7-10-24(11-8-21)13-15-5-6-15;2-1-3/h15,19,26H,4-13H2,1-3H3,(H,23,25);1H,(H,2,3)/t19-,20+;/m1./s1. The Morgan fingerprint density at radius 2 is 1.97 bits per heavy atom. The lowest BCUT2D eigenvalue weighted by Gasteiger charge is -2.53. The lowest BCUT2D eigenvalue weighted by molar-refractivity contribution is -0.205. The van der Waals surface area contributed by atoms with E-state index in [0.717, 1.165) is 31.8 Å². The highest BCUT2D eigenvalue weighted by Gasteiger charge is 2.54. The molecule has 3 N–H and O–H groups in total. The monoisotopic (exact) mass is 437 g/mol. The minimum absolute atomic E-state index is 0.241. The normalized spacial score (nSPS) is 27.9. The van der Waals surface area contributed by atoms with E-state index in [1.54, 1.807) is 6.92 Å². The van der Waals surface area contributed by atoms with Gasteiger partial charge in [-0.15, -0.1) is 0 Å². The number of likely N-dealkylation sites (tertiary alicyclic amines) is 1. The number of carbonyl (C=O) groups is 2. The molecule has 2 atom stereocenters. The first-order chi connectivity index (χ1) is 14.8. The van der Waals surface area contributed by atoms with Crippen molar-refractivity contribution in [3.8, 4) is 0 Å². The van der Waals surface area contributed by atoms with Crippen molar-refractivity contribution in [2.75, 3.05) is 26.2 Å². The van der Waals surface area contributed by atoms with E-state index >= 15 is 0 Å². The lowest BCUT2D eigenvalue weighted by Crippen LogP contribution is -2.69. The molecule has 2 saturated heterocycles. The molecule has 1 saturated carbocycles. The number of carboxylic acid groups (broad SMARTS) is 1. The number of oxazole rings is 1. The van der Waals surface area contributed by atoms with Gasteiger partial charge in [-0.2, -0.15) is 0 Å². The molecule has 1 aromatic heterocycles. The Balaban J connectivity index is 0.000000858. The van der Waals surface area contributed by atoms with E-state index in [1.165, 1.54) is 19.4 Å². The first kappa shape index (κ1) is 23.7. The van der Waals surface area contributed by atoms with E-state index in [2.05, 4.69) is 15.2 Å². The van der Waals surface area contributed by atoms with Gasteiger partial charge in [0, 0.05) is 32.7 Å². The molecule has 31 heavy (non-hydrogen) atoms. The number of aliphatic hydroxyl groups is 1. The van der Waals surface area contributed by atoms with E-state index < -0.39 is 17.2 Å². The van der Waals surface area contributed by atoms with Crippen molar-refractivity contribution in [1.29, 1.82) is 0 Å². The summed E-state index contributed by atoms with van der Waals surface area (Å²) in [5.74, 6) is 1.35. The largest absolute Gasteiger partial charge is 0.483 e. The van der Waals surface area contributed by atoms with Crippen LogP contribution in [-0.2, 0) is 16.0 Å². The van der Waals surface area contributed by atoms with Gasteiger partial charge in [0.2, 0.25) is 5.76 Å². The third-order valence-electron chi connectivity index (χ3n) is 6.78. The van der Waals surface area contributed by atoms with Gasteiger partial charge in [0.15, 0.2) is 5.89 Å². The summed E-state index contributed by atoms with van der Waals surface area (Å²) >= 11 is 0. The number of aliphatic hydroxyl groups excluding tert-OH is 1. The van der Waals surface area contributed by atoms with Crippen LogP contribution in [-0.4, -0.2) is 76.0 Å². The highest BCUT2D eigenvalue weighted by atomic mass is 16.5. The first-order valence-corrected chi connectivity index (χ1v) is 11.2. The Hall–Kier alpha value is -1.97. The lowest BCUT2D eigenvalue weighted by atomic mass is 9.73. The fraction of sp³-hybridized carbons (Fsp3) is 0.773. The summed E-state index contributed by atoms with van der Waals surface area (Å²) in [6.45, 7) is 8.98. The molecular weight excluding hydrogens is 402 g/mol. The summed E-state index contributed by atoms with van der Waals surface area (Å²) in [5, 5.41) is 21.2. The second kappa shape index (κ2) is 9.67. The summed E-state index contributed by atoms with van der Waals surface area (Å²) < 4.78 is 11.8. The third kappa shape index (κ3) is 5.27. The molecule has 3 aliphatic rings. The predicted octanol–water partition coefficient (Wildman–Crippen LogP) is 1.76. The van der Waals surface area contributed by atoms with Gasteiger partial charge >= 0.3 is 0 Å². The first-order valence-electron chi connectivity index (χ1n) is 11.2. The number of hydrogen-bond acceptors (Lipinski definition) is 7. The fourth-order valence-electron chi connectivity index (χ4n) is 4.72. The van der Waals surface area contributed by atoms with Gasteiger partial charge in [-0.05, 0) is 51.9 Å². The maximum absolute atomic E-state index is 12.9. The molecule has 9 heteroatoms. The summed E-state index contributed by atoms with van der Waals surface area (Å²) in [5.41, 5.74) is -0.743. The zero-order valence-corrected chi connectivity index (χ0v) is 18.7. The van der Waals surface area contributed by atoms with Gasteiger partial charge in [0.25, 0.3) is 12.4 Å². The summed E-state index contributed by atoms with van der Waals surface area (Å²) in [6.07, 6.45) is 4.76. The second-order valence-corrected chi connectivity index (χ2v) is 9.16.